The van der Waals surface area contributed by atoms with Crippen molar-refractivity contribution in [2.24, 2.45) is 5.14 Å². The van der Waals surface area contributed by atoms with Crippen LogP contribution in [0.4, 0.5) is 4.39 Å². The lowest BCUT2D eigenvalue weighted by Gasteiger charge is -2.32. The van der Waals surface area contributed by atoms with Gasteiger partial charge in [0.25, 0.3) is 10.2 Å². The molecule has 0 saturated carbocycles. The summed E-state index contributed by atoms with van der Waals surface area (Å²) in [7, 11) is -7.55. The Hall–Kier alpha value is -1.07. The number of hydrogen-bond acceptors (Lipinski definition) is 4. The van der Waals surface area contributed by atoms with E-state index in [4.69, 9.17) is 5.14 Å². The first-order chi connectivity index (χ1) is 9.21. The third kappa shape index (κ3) is 3.15. The van der Waals surface area contributed by atoms with E-state index in [2.05, 4.69) is 0 Å². The highest BCUT2D eigenvalue weighted by atomic mass is 32.2. The molecular formula is C10H14FN3O4S2. The van der Waals surface area contributed by atoms with Crippen LogP contribution in [-0.2, 0) is 20.2 Å². The van der Waals surface area contributed by atoms with Gasteiger partial charge in [-0.2, -0.15) is 17.0 Å². The van der Waals surface area contributed by atoms with Gasteiger partial charge >= 0.3 is 0 Å². The summed E-state index contributed by atoms with van der Waals surface area (Å²) in [6, 6.07) is 4.48. The molecule has 1 aliphatic heterocycles. The number of benzene rings is 1. The van der Waals surface area contributed by atoms with Crippen LogP contribution in [0.2, 0.25) is 0 Å². The second kappa shape index (κ2) is 5.37. The number of halogens is 1. The normalized spacial score (nSPS) is 19.1. The van der Waals surface area contributed by atoms with Crippen molar-refractivity contribution in [2.75, 3.05) is 26.2 Å². The molecule has 0 radical (unpaired) electrons. The fraction of sp³-hybridized carbons (Fsp3) is 0.400. The van der Waals surface area contributed by atoms with E-state index in [0.29, 0.717) is 0 Å². The maximum Gasteiger partial charge on any atom is 0.276 e. The van der Waals surface area contributed by atoms with Crippen molar-refractivity contribution in [3.8, 4) is 0 Å². The maximum absolute atomic E-state index is 12.8. The van der Waals surface area contributed by atoms with Gasteiger partial charge in [0.15, 0.2) is 0 Å². The molecule has 1 heterocycles. The number of nitrogens with two attached hydrogens (primary N) is 1. The molecule has 1 fully saturated rings. The van der Waals surface area contributed by atoms with Crippen molar-refractivity contribution in [3.63, 3.8) is 0 Å². The van der Waals surface area contributed by atoms with Crippen molar-refractivity contribution in [1.82, 2.24) is 8.61 Å². The van der Waals surface area contributed by atoms with Crippen LogP contribution in [0.15, 0.2) is 29.2 Å². The molecule has 112 valence electrons. The summed E-state index contributed by atoms with van der Waals surface area (Å²) < 4.78 is 61.8. The third-order valence-electron chi connectivity index (χ3n) is 3.01. The number of piperazine rings is 1. The molecule has 0 amide bonds. The molecule has 0 aromatic heterocycles. The van der Waals surface area contributed by atoms with Crippen molar-refractivity contribution >= 4 is 20.2 Å². The number of hydrogen-bond donors (Lipinski definition) is 1. The Labute approximate surface area is 117 Å². The third-order valence-corrected chi connectivity index (χ3v) is 6.01. The van der Waals surface area contributed by atoms with Crippen LogP contribution in [0.1, 0.15) is 0 Å². The zero-order chi connectivity index (χ0) is 15.0. The van der Waals surface area contributed by atoms with Gasteiger partial charge in [0.05, 0.1) is 4.90 Å². The van der Waals surface area contributed by atoms with Gasteiger partial charge < -0.3 is 0 Å². The summed E-state index contributed by atoms with van der Waals surface area (Å²) in [5, 5.41) is 4.98. The van der Waals surface area contributed by atoms with Gasteiger partial charge in [-0.05, 0) is 24.3 Å². The highest BCUT2D eigenvalue weighted by Gasteiger charge is 2.31. The van der Waals surface area contributed by atoms with Crippen LogP contribution in [0, 0.1) is 5.82 Å². The molecule has 7 nitrogen and oxygen atoms in total. The van der Waals surface area contributed by atoms with E-state index in [1.807, 2.05) is 0 Å². The Balaban J connectivity index is 2.15. The second-order valence-corrected chi connectivity index (χ2v) is 7.79. The van der Waals surface area contributed by atoms with Crippen molar-refractivity contribution in [3.05, 3.63) is 30.1 Å². The minimum atomic E-state index is -3.80. The summed E-state index contributed by atoms with van der Waals surface area (Å²) in [6.07, 6.45) is 0. The molecule has 0 bridgehead atoms. The summed E-state index contributed by atoms with van der Waals surface area (Å²) in [5.41, 5.74) is 0. The molecule has 1 aliphatic rings. The van der Waals surface area contributed by atoms with E-state index in [0.717, 1.165) is 20.7 Å². The first-order valence-corrected chi connectivity index (χ1v) is 8.69. The van der Waals surface area contributed by atoms with Gasteiger partial charge in [0.1, 0.15) is 5.82 Å². The smallest absolute Gasteiger partial charge is 0.216 e. The van der Waals surface area contributed by atoms with Gasteiger partial charge in [0, 0.05) is 26.2 Å². The molecule has 10 heteroatoms. The van der Waals surface area contributed by atoms with Gasteiger partial charge in [-0.15, -0.1) is 0 Å². The minimum absolute atomic E-state index is 0.000736. The average Bonchev–Trinajstić information content (AvgIpc) is 2.38. The number of nitrogens with zero attached hydrogens (tertiary/aromatic N) is 2. The lowest BCUT2D eigenvalue weighted by atomic mass is 10.4. The van der Waals surface area contributed by atoms with Crippen LogP contribution in [-0.4, -0.2) is 51.6 Å². The standard InChI is InChI=1S/C10H14FN3O4S2/c11-9-1-3-10(4-2-9)19(15,16)13-5-7-14(8-6-13)20(12,17)18/h1-4H,5-8H2,(H2,12,17,18). The zero-order valence-corrected chi connectivity index (χ0v) is 12.1. The highest BCUT2D eigenvalue weighted by molar-refractivity contribution is 7.89. The summed E-state index contributed by atoms with van der Waals surface area (Å²) in [6.45, 7) is 0.0186. The largest absolute Gasteiger partial charge is 0.276 e. The summed E-state index contributed by atoms with van der Waals surface area (Å²) in [5.74, 6) is -0.525. The molecule has 0 spiro atoms. The van der Waals surface area contributed by atoms with Gasteiger partial charge in [-0.1, -0.05) is 0 Å². The van der Waals surface area contributed by atoms with E-state index in [-0.39, 0.29) is 31.1 Å². The molecule has 0 atom stereocenters. The zero-order valence-electron chi connectivity index (χ0n) is 10.4. The van der Waals surface area contributed by atoms with E-state index in [1.54, 1.807) is 0 Å². The van der Waals surface area contributed by atoms with Crippen molar-refractivity contribution in [1.29, 1.82) is 0 Å². The molecule has 20 heavy (non-hydrogen) atoms. The Morgan fingerprint density at radius 3 is 1.80 bits per heavy atom. The Kier molecular flexibility index (Phi) is 4.12. The minimum Gasteiger partial charge on any atom is -0.216 e. The maximum atomic E-state index is 12.8. The molecule has 1 saturated heterocycles. The van der Waals surface area contributed by atoms with E-state index >= 15 is 0 Å². The Bertz CT molecular complexity index is 680. The highest BCUT2D eigenvalue weighted by Crippen LogP contribution is 2.18. The molecule has 0 unspecified atom stereocenters. The van der Waals surface area contributed by atoms with E-state index < -0.39 is 26.0 Å². The van der Waals surface area contributed by atoms with E-state index in [9.17, 15) is 21.2 Å². The predicted molar refractivity (Wildman–Crippen MR) is 69.8 cm³/mol. The fourth-order valence-corrected chi connectivity index (χ4v) is 4.01. The molecule has 0 aliphatic carbocycles. The number of sulfonamides is 1. The number of rotatable bonds is 3. The van der Waals surface area contributed by atoms with Crippen molar-refractivity contribution in [2.45, 2.75) is 4.90 Å². The summed E-state index contributed by atoms with van der Waals surface area (Å²) in [4.78, 5) is -0.0250. The fourth-order valence-electron chi connectivity index (χ4n) is 1.92. The monoisotopic (exact) mass is 323 g/mol. The quantitative estimate of drug-likeness (QED) is 0.797. The second-order valence-electron chi connectivity index (χ2n) is 4.30. The van der Waals surface area contributed by atoms with Gasteiger partial charge in [-0.25, -0.2) is 17.9 Å². The molecule has 1 aromatic rings. The van der Waals surface area contributed by atoms with Crippen LogP contribution in [0.25, 0.3) is 0 Å². The van der Waals surface area contributed by atoms with Gasteiger partial charge in [0.2, 0.25) is 10.0 Å². The van der Waals surface area contributed by atoms with Crippen molar-refractivity contribution < 1.29 is 21.2 Å². The Morgan fingerprint density at radius 2 is 1.35 bits per heavy atom. The Morgan fingerprint density at radius 1 is 0.900 bits per heavy atom. The summed E-state index contributed by atoms with van der Waals surface area (Å²) >= 11 is 0. The van der Waals surface area contributed by atoms with Gasteiger partial charge in [-0.3, -0.25) is 0 Å². The first-order valence-electron chi connectivity index (χ1n) is 5.75. The molecule has 2 rings (SSSR count). The molecule has 1 aromatic carbocycles. The lowest BCUT2D eigenvalue weighted by molar-refractivity contribution is 0.273. The van der Waals surface area contributed by atoms with Crippen LogP contribution < -0.4 is 5.14 Å². The topological polar surface area (TPSA) is 101 Å². The van der Waals surface area contributed by atoms with Crippen LogP contribution >= 0.6 is 0 Å². The van der Waals surface area contributed by atoms with Crippen LogP contribution in [0.5, 0.6) is 0 Å². The first kappa shape index (κ1) is 15.3. The predicted octanol–water partition coefficient (Wildman–Crippen LogP) is -0.664. The molecular weight excluding hydrogens is 309 g/mol. The average molecular weight is 323 g/mol. The lowest BCUT2D eigenvalue weighted by Crippen LogP contribution is -2.52. The molecule has 2 N–H and O–H groups in total. The van der Waals surface area contributed by atoms with E-state index in [1.165, 1.54) is 12.1 Å². The van der Waals surface area contributed by atoms with Crippen LogP contribution in [0.3, 0.4) is 0 Å². The SMILES string of the molecule is NS(=O)(=O)N1CCN(S(=O)(=O)c2ccc(F)cc2)CC1.